The van der Waals surface area contributed by atoms with Crippen LogP contribution in [0.2, 0.25) is 0 Å². The van der Waals surface area contributed by atoms with E-state index in [4.69, 9.17) is 4.74 Å². The Balaban J connectivity index is 1.89. The van der Waals surface area contributed by atoms with E-state index >= 15 is 0 Å². The Kier molecular flexibility index (Phi) is 5.62. The first kappa shape index (κ1) is 20.6. The molecule has 0 saturated carbocycles. The molecule has 0 aliphatic carbocycles. The quantitative estimate of drug-likeness (QED) is 0.620. The molecule has 0 saturated heterocycles. The van der Waals surface area contributed by atoms with Crippen LogP contribution in [0.5, 0.6) is 0 Å². The number of Topliss-reactive ketones (excluding diaryl/α,β-unsaturated/α-hetero) is 1. The fourth-order valence-electron chi connectivity index (χ4n) is 3.37. The first-order valence-electron chi connectivity index (χ1n) is 9.54. The van der Waals surface area contributed by atoms with Gasteiger partial charge in [-0.1, -0.05) is 48.2 Å². The number of benzene rings is 2. The van der Waals surface area contributed by atoms with Gasteiger partial charge in [-0.2, -0.15) is 5.10 Å². The van der Waals surface area contributed by atoms with Gasteiger partial charge in [0.2, 0.25) is 4.33 Å². The van der Waals surface area contributed by atoms with Crippen molar-refractivity contribution in [2.45, 2.75) is 25.1 Å². The minimum Gasteiger partial charge on any atom is -0.462 e. The molecule has 1 atom stereocenters. The molecule has 0 unspecified atom stereocenters. The third kappa shape index (κ3) is 3.40. The highest BCUT2D eigenvalue weighted by molar-refractivity contribution is 8.29. The van der Waals surface area contributed by atoms with E-state index in [9.17, 15) is 9.59 Å². The molecule has 0 amide bonds. The van der Waals surface area contributed by atoms with Crippen LogP contribution in [0.4, 0.5) is 11.4 Å². The third-order valence-electron chi connectivity index (χ3n) is 4.65. The van der Waals surface area contributed by atoms with E-state index in [-0.39, 0.29) is 11.8 Å². The van der Waals surface area contributed by atoms with Crippen molar-refractivity contribution in [2.24, 2.45) is 5.10 Å². The topological polar surface area (TPSA) is 62.2 Å². The molecule has 2 aromatic rings. The number of hydrogen-bond acceptors (Lipinski definition) is 8. The Bertz CT molecular complexity index is 1040. The predicted molar refractivity (Wildman–Crippen MR) is 123 cm³/mol. The molecule has 2 heterocycles. The molecule has 154 valence electrons. The second-order valence-electron chi connectivity index (χ2n) is 6.67. The van der Waals surface area contributed by atoms with Crippen LogP contribution in [0.1, 0.15) is 20.8 Å². The summed E-state index contributed by atoms with van der Waals surface area (Å²) in [6.45, 7) is 5.48. The standard InChI is InChI=1S/C22H21N3O3S2/c1-4-28-21(27)19-15(2)24(17-11-7-5-8-12-17)22(29-19)25(18-13-9-6-10-14-18)23-20(30-22)16(3)26/h5-14H,4H2,1-3H3/t22-/m0/s1. The van der Waals surface area contributed by atoms with E-state index < -0.39 is 4.33 Å². The van der Waals surface area contributed by atoms with Crippen molar-refractivity contribution in [1.29, 1.82) is 0 Å². The zero-order chi connectivity index (χ0) is 21.3. The number of ether oxygens (including phenoxy) is 1. The highest BCUT2D eigenvalue weighted by Crippen LogP contribution is 2.60. The Morgan fingerprint density at radius 3 is 2.17 bits per heavy atom. The third-order valence-corrected chi connectivity index (χ3v) is 7.62. The van der Waals surface area contributed by atoms with E-state index in [1.165, 1.54) is 30.4 Å². The lowest BCUT2D eigenvalue weighted by Crippen LogP contribution is -2.49. The number of rotatable bonds is 5. The van der Waals surface area contributed by atoms with Crippen molar-refractivity contribution >= 4 is 51.7 Å². The fraction of sp³-hybridized carbons (Fsp3) is 0.227. The first-order chi connectivity index (χ1) is 14.5. The Hall–Kier alpha value is -2.71. The molecule has 0 radical (unpaired) electrons. The van der Waals surface area contributed by atoms with Crippen molar-refractivity contribution in [3.8, 4) is 0 Å². The Labute approximate surface area is 184 Å². The van der Waals surface area contributed by atoms with Gasteiger partial charge >= 0.3 is 5.97 Å². The molecule has 0 fully saturated rings. The van der Waals surface area contributed by atoms with Crippen LogP contribution in [0.3, 0.4) is 0 Å². The number of thioether (sulfide) groups is 2. The van der Waals surface area contributed by atoms with Crippen molar-refractivity contribution in [2.75, 3.05) is 16.5 Å². The van der Waals surface area contributed by atoms with E-state index in [1.54, 1.807) is 6.92 Å². The highest BCUT2D eigenvalue weighted by atomic mass is 32.2. The molecule has 2 aliphatic rings. The van der Waals surface area contributed by atoms with Gasteiger partial charge in [0.05, 0.1) is 12.3 Å². The number of carbonyl (C=O) groups is 2. The fourth-order valence-corrected chi connectivity index (χ4v) is 6.32. The summed E-state index contributed by atoms with van der Waals surface area (Å²) in [4.78, 5) is 27.6. The molecule has 2 aliphatic heterocycles. The number of nitrogens with zero attached hydrogens (tertiary/aromatic N) is 3. The molecule has 2 aromatic carbocycles. The molecule has 0 N–H and O–H groups in total. The van der Waals surface area contributed by atoms with E-state index in [0.717, 1.165) is 17.1 Å². The van der Waals surface area contributed by atoms with Crippen LogP contribution < -0.4 is 9.91 Å². The lowest BCUT2D eigenvalue weighted by atomic mass is 10.2. The minimum atomic E-state index is -0.893. The molecule has 30 heavy (non-hydrogen) atoms. The summed E-state index contributed by atoms with van der Waals surface area (Å²) in [5, 5.41) is 6.88. The van der Waals surface area contributed by atoms with E-state index in [1.807, 2.05) is 72.6 Å². The molecule has 0 bridgehead atoms. The van der Waals surface area contributed by atoms with E-state index in [2.05, 4.69) is 10.0 Å². The molecule has 4 rings (SSSR count). The lowest BCUT2D eigenvalue weighted by molar-refractivity contribution is -0.137. The lowest BCUT2D eigenvalue weighted by Gasteiger charge is -2.41. The van der Waals surface area contributed by atoms with Gasteiger partial charge in [-0.15, -0.1) is 0 Å². The normalized spacial score (nSPS) is 20.7. The van der Waals surface area contributed by atoms with Gasteiger partial charge < -0.3 is 9.64 Å². The maximum Gasteiger partial charge on any atom is 0.346 e. The average Bonchev–Trinajstić information content (AvgIpc) is 3.28. The number of esters is 1. The van der Waals surface area contributed by atoms with Gasteiger partial charge in [0.15, 0.2) is 10.8 Å². The van der Waals surface area contributed by atoms with Crippen molar-refractivity contribution in [3.63, 3.8) is 0 Å². The van der Waals surface area contributed by atoms with E-state index in [0.29, 0.717) is 16.6 Å². The van der Waals surface area contributed by atoms with Crippen LogP contribution in [-0.4, -0.2) is 27.7 Å². The molecule has 1 spiro atoms. The molecule has 8 heteroatoms. The number of allylic oxidation sites excluding steroid dienone is 1. The summed E-state index contributed by atoms with van der Waals surface area (Å²) >= 11 is 2.70. The van der Waals surface area contributed by atoms with Gasteiger partial charge in [-0.3, -0.25) is 4.79 Å². The number of carbonyl (C=O) groups excluding carboxylic acids is 2. The average molecular weight is 440 g/mol. The Morgan fingerprint density at radius 2 is 1.60 bits per heavy atom. The van der Waals surface area contributed by atoms with Gasteiger partial charge in [0.25, 0.3) is 0 Å². The number of ketones is 1. The summed E-state index contributed by atoms with van der Waals surface area (Å²) in [7, 11) is 0. The van der Waals surface area contributed by atoms with Gasteiger partial charge in [-0.25, -0.2) is 9.80 Å². The number of anilines is 2. The monoisotopic (exact) mass is 439 g/mol. The smallest absolute Gasteiger partial charge is 0.346 e. The first-order valence-corrected chi connectivity index (χ1v) is 11.2. The number of hydrazone groups is 1. The zero-order valence-corrected chi connectivity index (χ0v) is 18.5. The molecule has 6 nitrogen and oxygen atoms in total. The van der Waals surface area contributed by atoms with Crippen molar-refractivity contribution in [3.05, 3.63) is 71.3 Å². The predicted octanol–water partition coefficient (Wildman–Crippen LogP) is 4.80. The van der Waals surface area contributed by atoms with Gasteiger partial charge in [0, 0.05) is 18.3 Å². The minimum absolute atomic E-state index is 0.117. The van der Waals surface area contributed by atoms with Crippen molar-refractivity contribution in [1.82, 2.24) is 0 Å². The summed E-state index contributed by atoms with van der Waals surface area (Å²) in [6, 6.07) is 19.5. The summed E-state index contributed by atoms with van der Waals surface area (Å²) < 4.78 is 4.43. The maximum absolute atomic E-state index is 12.8. The SMILES string of the molecule is CCOC(=O)C1=C(C)N(c2ccccc2)[C@@]2(SC(C(C)=O)=NN2c2ccccc2)S1. The molecular formula is C22H21N3O3S2. The summed E-state index contributed by atoms with van der Waals surface area (Å²) in [6.07, 6.45) is 0. The van der Waals surface area contributed by atoms with Crippen LogP contribution in [0.15, 0.2) is 76.4 Å². The zero-order valence-electron chi connectivity index (χ0n) is 16.9. The second kappa shape index (κ2) is 8.20. The molecule has 0 aromatic heterocycles. The highest BCUT2D eigenvalue weighted by Gasteiger charge is 2.57. The summed E-state index contributed by atoms with van der Waals surface area (Å²) in [5.41, 5.74) is 2.49. The van der Waals surface area contributed by atoms with Crippen molar-refractivity contribution < 1.29 is 14.3 Å². The summed E-state index contributed by atoms with van der Waals surface area (Å²) in [5.74, 6) is -0.489. The van der Waals surface area contributed by atoms with Gasteiger partial charge in [-0.05, 0) is 49.9 Å². The number of hydrogen-bond donors (Lipinski definition) is 0. The van der Waals surface area contributed by atoms with Crippen LogP contribution >= 0.6 is 23.5 Å². The molecular weight excluding hydrogens is 418 g/mol. The Morgan fingerprint density at radius 1 is 1.00 bits per heavy atom. The van der Waals surface area contributed by atoms with Crippen LogP contribution in [-0.2, 0) is 14.3 Å². The van der Waals surface area contributed by atoms with Gasteiger partial charge in [0.1, 0.15) is 4.91 Å². The second-order valence-corrected chi connectivity index (χ2v) is 9.27. The largest absolute Gasteiger partial charge is 0.462 e. The van der Waals surface area contributed by atoms with Crippen LogP contribution in [0.25, 0.3) is 0 Å². The number of para-hydroxylation sites is 2. The van der Waals surface area contributed by atoms with Crippen LogP contribution in [0, 0.1) is 0 Å². The maximum atomic E-state index is 12.8.